The predicted octanol–water partition coefficient (Wildman–Crippen LogP) is 2.00. The average Bonchev–Trinajstić information content (AvgIpc) is 3.02. The van der Waals surface area contributed by atoms with Crippen molar-refractivity contribution < 1.29 is 4.79 Å². The van der Waals surface area contributed by atoms with Crippen molar-refractivity contribution in [3.63, 3.8) is 0 Å². The van der Waals surface area contributed by atoms with Gasteiger partial charge in [0.15, 0.2) is 0 Å². The Morgan fingerprint density at radius 1 is 1.28 bits per heavy atom. The maximum atomic E-state index is 11.9. The van der Waals surface area contributed by atoms with Gasteiger partial charge in [0, 0.05) is 17.1 Å². The molecule has 0 aliphatic heterocycles. The first-order chi connectivity index (χ1) is 8.65. The predicted molar refractivity (Wildman–Crippen MR) is 71.4 cm³/mol. The Labute approximate surface area is 108 Å². The highest BCUT2D eigenvalue weighted by molar-refractivity contribution is 5.94. The van der Waals surface area contributed by atoms with Gasteiger partial charge in [-0.2, -0.15) is 0 Å². The Morgan fingerprint density at radius 3 is 2.44 bits per heavy atom. The van der Waals surface area contributed by atoms with Gasteiger partial charge >= 0.3 is 0 Å². The molecule has 3 N–H and O–H groups in total. The van der Waals surface area contributed by atoms with Gasteiger partial charge in [-0.15, -0.1) is 0 Å². The van der Waals surface area contributed by atoms with Crippen molar-refractivity contribution >= 4 is 5.91 Å². The fourth-order valence-corrected chi connectivity index (χ4v) is 2.34. The quantitative estimate of drug-likeness (QED) is 0.851. The molecule has 0 bridgehead atoms. The van der Waals surface area contributed by atoms with E-state index in [1.54, 1.807) is 0 Å². The van der Waals surface area contributed by atoms with Crippen LogP contribution in [-0.2, 0) is 6.42 Å². The molecule has 18 heavy (non-hydrogen) atoms. The number of hydrogen-bond acceptors (Lipinski definition) is 2. The van der Waals surface area contributed by atoms with Gasteiger partial charge in [-0.1, -0.05) is 12.1 Å². The number of carbonyl (C=O) groups is 1. The molecule has 0 saturated heterocycles. The number of carbonyl (C=O) groups excluding carboxylic acids is 1. The molecule has 3 heteroatoms. The number of nitrogens with one attached hydrogen (secondary N) is 1. The number of hydrogen-bond donors (Lipinski definition) is 2. The van der Waals surface area contributed by atoms with Gasteiger partial charge in [0.05, 0.1) is 0 Å². The molecule has 2 fully saturated rings. The Morgan fingerprint density at radius 2 is 1.94 bits per heavy atom. The number of rotatable bonds is 4. The van der Waals surface area contributed by atoms with E-state index in [0.717, 1.165) is 37.7 Å². The van der Waals surface area contributed by atoms with Crippen LogP contribution in [0.2, 0.25) is 0 Å². The van der Waals surface area contributed by atoms with E-state index >= 15 is 0 Å². The topological polar surface area (TPSA) is 55.1 Å². The first kappa shape index (κ1) is 11.7. The van der Waals surface area contributed by atoms with Crippen molar-refractivity contribution in [3.05, 3.63) is 35.4 Å². The van der Waals surface area contributed by atoms with Gasteiger partial charge < -0.3 is 11.1 Å². The molecule has 0 heterocycles. The summed E-state index contributed by atoms with van der Waals surface area (Å²) in [7, 11) is 0. The molecule has 2 aliphatic carbocycles. The molecule has 0 radical (unpaired) electrons. The Bertz CT molecular complexity index is 444. The largest absolute Gasteiger partial charge is 0.349 e. The molecule has 2 saturated carbocycles. The number of benzene rings is 1. The van der Waals surface area contributed by atoms with Gasteiger partial charge in [0.25, 0.3) is 5.91 Å². The first-order valence-electron chi connectivity index (χ1n) is 6.83. The maximum Gasteiger partial charge on any atom is 0.251 e. The zero-order chi connectivity index (χ0) is 12.6. The molecular formula is C15H20N2O. The van der Waals surface area contributed by atoms with Crippen LogP contribution < -0.4 is 11.1 Å². The monoisotopic (exact) mass is 244 g/mol. The summed E-state index contributed by atoms with van der Waals surface area (Å²) in [5.74, 6) is 0.0557. The fourth-order valence-electron chi connectivity index (χ4n) is 2.34. The third kappa shape index (κ3) is 2.56. The Balaban J connectivity index is 1.60. The summed E-state index contributed by atoms with van der Waals surface area (Å²) < 4.78 is 0. The smallest absolute Gasteiger partial charge is 0.251 e. The summed E-state index contributed by atoms with van der Waals surface area (Å²) in [5, 5.41) is 3.05. The normalized spacial score (nSPS) is 21.2. The molecule has 3 nitrogen and oxygen atoms in total. The molecule has 0 atom stereocenters. The molecule has 2 aliphatic rings. The van der Waals surface area contributed by atoms with Crippen LogP contribution in [0.4, 0.5) is 0 Å². The summed E-state index contributed by atoms with van der Waals surface area (Å²) in [6.45, 7) is 0. The number of amides is 1. The molecule has 96 valence electrons. The van der Waals surface area contributed by atoms with E-state index in [2.05, 4.69) is 5.32 Å². The summed E-state index contributed by atoms with van der Waals surface area (Å²) in [6.07, 6.45) is 6.66. The van der Waals surface area contributed by atoms with Crippen molar-refractivity contribution in [3.8, 4) is 0 Å². The maximum absolute atomic E-state index is 11.9. The van der Waals surface area contributed by atoms with Crippen molar-refractivity contribution in [2.45, 2.75) is 50.1 Å². The standard InChI is InChI=1S/C15H20N2O/c16-15(8-9-15)10-11-4-6-12(7-5-11)14(18)17-13-2-1-3-13/h4-7,13H,1-3,8-10,16H2,(H,17,18). The first-order valence-corrected chi connectivity index (χ1v) is 6.83. The van der Waals surface area contributed by atoms with Crippen molar-refractivity contribution in [2.75, 3.05) is 0 Å². The molecule has 3 rings (SSSR count). The summed E-state index contributed by atoms with van der Waals surface area (Å²) in [4.78, 5) is 11.9. The van der Waals surface area contributed by atoms with Crippen LogP contribution in [0.1, 0.15) is 48.0 Å². The van der Waals surface area contributed by atoms with Gasteiger partial charge in [0.2, 0.25) is 0 Å². The molecule has 1 amide bonds. The lowest BCUT2D eigenvalue weighted by molar-refractivity contribution is 0.0917. The molecule has 0 spiro atoms. The third-order valence-corrected chi connectivity index (χ3v) is 4.10. The van der Waals surface area contributed by atoms with Crippen molar-refractivity contribution in [2.24, 2.45) is 5.73 Å². The van der Waals surface area contributed by atoms with E-state index in [4.69, 9.17) is 5.73 Å². The lowest BCUT2D eigenvalue weighted by Gasteiger charge is -2.26. The van der Waals surface area contributed by atoms with E-state index in [0.29, 0.717) is 6.04 Å². The number of nitrogens with two attached hydrogens (primary N) is 1. The van der Waals surface area contributed by atoms with Gasteiger partial charge in [-0.25, -0.2) is 0 Å². The van der Waals surface area contributed by atoms with Crippen LogP contribution in [0.3, 0.4) is 0 Å². The summed E-state index contributed by atoms with van der Waals surface area (Å²) in [5.41, 5.74) is 8.11. The Kier molecular flexibility index (Phi) is 2.86. The van der Waals surface area contributed by atoms with Crippen LogP contribution in [0.25, 0.3) is 0 Å². The van der Waals surface area contributed by atoms with Gasteiger partial charge in [-0.3, -0.25) is 4.79 Å². The lowest BCUT2D eigenvalue weighted by atomic mass is 9.93. The van der Waals surface area contributed by atoms with Crippen LogP contribution in [0.15, 0.2) is 24.3 Å². The minimum atomic E-state index is 0.0374. The highest BCUT2D eigenvalue weighted by Gasteiger charge is 2.37. The van der Waals surface area contributed by atoms with Crippen molar-refractivity contribution in [1.82, 2.24) is 5.32 Å². The van der Waals surface area contributed by atoms with Crippen LogP contribution in [-0.4, -0.2) is 17.5 Å². The van der Waals surface area contributed by atoms with Crippen LogP contribution >= 0.6 is 0 Å². The zero-order valence-corrected chi connectivity index (χ0v) is 10.6. The average molecular weight is 244 g/mol. The van der Waals surface area contributed by atoms with Crippen LogP contribution in [0.5, 0.6) is 0 Å². The zero-order valence-electron chi connectivity index (χ0n) is 10.6. The van der Waals surface area contributed by atoms with E-state index in [9.17, 15) is 4.79 Å². The molecular weight excluding hydrogens is 224 g/mol. The van der Waals surface area contributed by atoms with Gasteiger partial charge in [0.1, 0.15) is 0 Å². The second-order valence-electron chi connectivity index (χ2n) is 5.84. The Hall–Kier alpha value is -1.35. The van der Waals surface area contributed by atoms with E-state index in [-0.39, 0.29) is 11.4 Å². The van der Waals surface area contributed by atoms with Gasteiger partial charge in [-0.05, 0) is 56.2 Å². The highest BCUT2D eigenvalue weighted by Crippen LogP contribution is 2.35. The molecule has 1 aromatic carbocycles. The second kappa shape index (κ2) is 4.39. The summed E-state index contributed by atoms with van der Waals surface area (Å²) in [6, 6.07) is 8.28. The SMILES string of the molecule is NC1(Cc2ccc(C(=O)NC3CCC3)cc2)CC1. The molecule has 0 aromatic heterocycles. The van der Waals surface area contributed by atoms with E-state index in [1.165, 1.54) is 12.0 Å². The third-order valence-electron chi connectivity index (χ3n) is 4.10. The summed E-state index contributed by atoms with van der Waals surface area (Å²) >= 11 is 0. The van der Waals surface area contributed by atoms with E-state index < -0.39 is 0 Å². The van der Waals surface area contributed by atoms with E-state index in [1.807, 2.05) is 24.3 Å². The van der Waals surface area contributed by atoms with Crippen molar-refractivity contribution in [1.29, 1.82) is 0 Å². The minimum absolute atomic E-state index is 0.0374. The molecule has 1 aromatic rings. The second-order valence-corrected chi connectivity index (χ2v) is 5.84. The minimum Gasteiger partial charge on any atom is -0.349 e. The van der Waals surface area contributed by atoms with Crippen LogP contribution in [0, 0.1) is 0 Å². The fraction of sp³-hybridized carbons (Fsp3) is 0.533. The highest BCUT2D eigenvalue weighted by atomic mass is 16.1. The molecule has 0 unspecified atom stereocenters. The lowest BCUT2D eigenvalue weighted by Crippen LogP contribution is -2.39.